The number of aryl methyl sites for hydroxylation is 1. The fourth-order valence-corrected chi connectivity index (χ4v) is 2.47. The van der Waals surface area contributed by atoms with Crippen LogP contribution in [0.3, 0.4) is 0 Å². The first-order valence-electron chi connectivity index (χ1n) is 7.12. The minimum absolute atomic E-state index is 0.173. The van der Waals surface area contributed by atoms with Crippen molar-refractivity contribution in [1.82, 2.24) is 14.8 Å². The second-order valence-corrected chi connectivity index (χ2v) is 5.87. The third-order valence-electron chi connectivity index (χ3n) is 4.10. The van der Waals surface area contributed by atoms with E-state index >= 15 is 0 Å². The van der Waals surface area contributed by atoms with Crippen molar-refractivity contribution in [2.24, 2.45) is 12.5 Å². The molecular formula is C15H15F3N4O. The van der Waals surface area contributed by atoms with E-state index in [-0.39, 0.29) is 5.91 Å². The maximum absolute atomic E-state index is 12.6. The lowest BCUT2D eigenvalue weighted by molar-refractivity contribution is -0.137. The Balaban J connectivity index is 1.69. The summed E-state index contributed by atoms with van der Waals surface area (Å²) in [6.45, 7) is 0. The zero-order chi connectivity index (χ0) is 16.7. The van der Waals surface area contributed by atoms with Crippen molar-refractivity contribution in [1.29, 1.82) is 0 Å². The monoisotopic (exact) mass is 324 g/mol. The molecule has 122 valence electrons. The molecule has 5 nitrogen and oxygen atoms in total. The van der Waals surface area contributed by atoms with E-state index in [4.69, 9.17) is 0 Å². The summed E-state index contributed by atoms with van der Waals surface area (Å²) in [5, 5.41) is 10.2. The molecule has 0 radical (unpaired) electrons. The van der Waals surface area contributed by atoms with E-state index in [2.05, 4.69) is 15.5 Å². The first kappa shape index (κ1) is 15.5. The van der Waals surface area contributed by atoms with Gasteiger partial charge in [0.2, 0.25) is 11.9 Å². The van der Waals surface area contributed by atoms with E-state index in [0.29, 0.717) is 30.8 Å². The van der Waals surface area contributed by atoms with E-state index in [1.165, 1.54) is 18.5 Å². The van der Waals surface area contributed by atoms with Gasteiger partial charge >= 0.3 is 6.18 Å². The molecule has 1 aliphatic carbocycles. The summed E-state index contributed by atoms with van der Waals surface area (Å²) in [5.41, 5.74) is -0.538. The van der Waals surface area contributed by atoms with Crippen LogP contribution in [-0.4, -0.2) is 20.7 Å². The number of carbonyl (C=O) groups excluding carboxylic acids is 1. The molecule has 1 aromatic heterocycles. The van der Waals surface area contributed by atoms with E-state index in [0.717, 1.165) is 12.1 Å². The van der Waals surface area contributed by atoms with Crippen molar-refractivity contribution < 1.29 is 18.0 Å². The number of amides is 1. The number of hydrogen-bond donors (Lipinski definition) is 1. The molecular weight excluding hydrogens is 309 g/mol. The summed E-state index contributed by atoms with van der Waals surface area (Å²) >= 11 is 0. The molecule has 8 heteroatoms. The summed E-state index contributed by atoms with van der Waals surface area (Å²) in [7, 11) is 1.71. The predicted molar refractivity (Wildman–Crippen MR) is 76.4 cm³/mol. The summed E-state index contributed by atoms with van der Waals surface area (Å²) in [6, 6.07) is 4.95. The fraction of sp³-hybridized carbons (Fsp3) is 0.400. The Morgan fingerprint density at radius 2 is 1.96 bits per heavy atom. The van der Waals surface area contributed by atoms with Crippen molar-refractivity contribution in [2.75, 3.05) is 5.32 Å². The number of anilines is 1. The molecule has 0 saturated heterocycles. The van der Waals surface area contributed by atoms with Gasteiger partial charge in [0.25, 0.3) is 0 Å². The molecule has 1 aliphatic rings. The average Bonchev–Trinajstić information content (AvgIpc) is 3.16. The lowest BCUT2D eigenvalue weighted by Gasteiger charge is -2.15. The van der Waals surface area contributed by atoms with Crippen LogP contribution in [0.25, 0.3) is 0 Å². The first-order valence-corrected chi connectivity index (χ1v) is 7.12. The Morgan fingerprint density at radius 3 is 2.43 bits per heavy atom. The van der Waals surface area contributed by atoms with Crippen LogP contribution in [0.5, 0.6) is 0 Å². The second-order valence-electron chi connectivity index (χ2n) is 5.87. The van der Waals surface area contributed by atoms with Crippen molar-refractivity contribution >= 4 is 11.9 Å². The topological polar surface area (TPSA) is 59.8 Å². The largest absolute Gasteiger partial charge is 0.416 e. The SMILES string of the molecule is Cn1cnnc1NC(=O)C1(Cc2ccc(C(F)(F)F)cc2)CC1. The Labute approximate surface area is 130 Å². The van der Waals surface area contributed by atoms with E-state index in [9.17, 15) is 18.0 Å². The molecule has 1 fully saturated rings. The van der Waals surface area contributed by atoms with Gasteiger partial charge in [-0.2, -0.15) is 13.2 Å². The van der Waals surface area contributed by atoms with E-state index < -0.39 is 17.2 Å². The zero-order valence-electron chi connectivity index (χ0n) is 12.4. The second kappa shape index (κ2) is 5.36. The highest BCUT2D eigenvalue weighted by molar-refractivity contribution is 5.96. The summed E-state index contributed by atoms with van der Waals surface area (Å²) in [4.78, 5) is 12.4. The Bertz CT molecular complexity index is 717. The Hall–Kier alpha value is -2.38. The summed E-state index contributed by atoms with van der Waals surface area (Å²) in [5.74, 6) is 0.183. The first-order chi connectivity index (χ1) is 10.8. The molecule has 0 spiro atoms. The Morgan fingerprint density at radius 1 is 1.30 bits per heavy atom. The van der Waals surface area contributed by atoms with Crippen molar-refractivity contribution in [2.45, 2.75) is 25.4 Å². The number of benzene rings is 1. The number of nitrogens with one attached hydrogen (secondary N) is 1. The Kier molecular flexibility index (Phi) is 3.62. The van der Waals surface area contributed by atoms with Gasteiger partial charge in [0.1, 0.15) is 6.33 Å². The third-order valence-corrected chi connectivity index (χ3v) is 4.10. The quantitative estimate of drug-likeness (QED) is 0.941. The van der Waals surface area contributed by atoms with Gasteiger partial charge in [-0.05, 0) is 37.0 Å². The number of rotatable bonds is 4. The molecule has 0 unspecified atom stereocenters. The highest BCUT2D eigenvalue weighted by atomic mass is 19.4. The molecule has 1 amide bonds. The fourth-order valence-electron chi connectivity index (χ4n) is 2.47. The maximum Gasteiger partial charge on any atom is 0.416 e. The van der Waals surface area contributed by atoms with Crippen LogP contribution >= 0.6 is 0 Å². The number of nitrogens with zero attached hydrogens (tertiary/aromatic N) is 3. The average molecular weight is 324 g/mol. The molecule has 0 bridgehead atoms. The minimum Gasteiger partial charge on any atom is -0.303 e. The standard InChI is InChI=1S/C15H15F3N4O/c1-22-9-19-21-13(22)20-12(23)14(6-7-14)8-10-2-4-11(5-3-10)15(16,17)18/h2-5,9H,6-8H2,1H3,(H,20,21,23). The van der Waals surface area contributed by atoms with Crippen molar-refractivity contribution in [3.8, 4) is 0 Å². The number of halogens is 3. The van der Waals surface area contributed by atoms with Crippen molar-refractivity contribution in [3.05, 3.63) is 41.7 Å². The highest BCUT2D eigenvalue weighted by Crippen LogP contribution is 2.49. The molecule has 0 aliphatic heterocycles. The van der Waals surface area contributed by atoms with Crippen LogP contribution in [0.15, 0.2) is 30.6 Å². The van der Waals surface area contributed by atoms with Gasteiger partial charge in [-0.15, -0.1) is 10.2 Å². The van der Waals surface area contributed by atoms with Gasteiger partial charge < -0.3 is 4.57 Å². The van der Waals surface area contributed by atoms with Crippen LogP contribution in [0.2, 0.25) is 0 Å². The summed E-state index contributed by atoms with van der Waals surface area (Å²) in [6.07, 6.45) is -1.05. The molecule has 1 heterocycles. The highest BCUT2D eigenvalue weighted by Gasteiger charge is 2.50. The molecule has 0 atom stereocenters. The van der Waals surface area contributed by atoms with Gasteiger partial charge in [-0.1, -0.05) is 12.1 Å². The van der Waals surface area contributed by atoms with Gasteiger partial charge in [0, 0.05) is 7.05 Å². The third kappa shape index (κ3) is 3.20. The summed E-state index contributed by atoms with van der Waals surface area (Å²) < 4.78 is 39.3. The molecule has 23 heavy (non-hydrogen) atoms. The molecule has 2 aromatic rings. The number of aromatic nitrogens is 3. The normalized spacial score (nSPS) is 16.2. The number of alkyl halides is 3. The number of carbonyl (C=O) groups is 1. The van der Waals surface area contributed by atoms with Crippen LogP contribution in [-0.2, 0) is 24.4 Å². The van der Waals surface area contributed by atoms with Crippen LogP contribution in [0, 0.1) is 5.41 Å². The minimum atomic E-state index is -4.35. The lowest BCUT2D eigenvalue weighted by Crippen LogP contribution is -2.27. The molecule has 1 aromatic carbocycles. The zero-order valence-corrected chi connectivity index (χ0v) is 12.4. The van der Waals surface area contributed by atoms with Gasteiger partial charge in [-0.3, -0.25) is 10.1 Å². The van der Waals surface area contributed by atoms with E-state index in [1.807, 2.05) is 0 Å². The molecule has 3 rings (SSSR count). The molecule has 1 saturated carbocycles. The van der Waals surface area contributed by atoms with Crippen molar-refractivity contribution in [3.63, 3.8) is 0 Å². The van der Waals surface area contributed by atoms with E-state index in [1.54, 1.807) is 11.6 Å². The molecule has 1 N–H and O–H groups in total. The van der Waals surface area contributed by atoms with Crippen LogP contribution in [0.4, 0.5) is 19.1 Å². The van der Waals surface area contributed by atoms with Gasteiger partial charge in [0.15, 0.2) is 0 Å². The maximum atomic E-state index is 12.6. The lowest BCUT2D eigenvalue weighted by atomic mass is 9.95. The van der Waals surface area contributed by atoms with Crippen LogP contribution < -0.4 is 5.32 Å². The van der Waals surface area contributed by atoms with Gasteiger partial charge in [0.05, 0.1) is 11.0 Å². The predicted octanol–water partition coefficient (Wildman–Crippen LogP) is 2.80. The number of hydrogen-bond acceptors (Lipinski definition) is 3. The smallest absolute Gasteiger partial charge is 0.303 e. The van der Waals surface area contributed by atoms with Crippen LogP contribution in [0.1, 0.15) is 24.0 Å². The van der Waals surface area contributed by atoms with Gasteiger partial charge in [-0.25, -0.2) is 0 Å².